The van der Waals surface area contributed by atoms with E-state index in [1.807, 2.05) is 18.2 Å². The molecular formula is C27H44N8O3. The molecule has 0 atom stereocenters. The minimum Gasteiger partial charge on any atom is -0.377 e. The molecule has 1 aliphatic carbocycles. The van der Waals surface area contributed by atoms with Crippen molar-refractivity contribution < 1.29 is 14.3 Å². The summed E-state index contributed by atoms with van der Waals surface area (Å²) in [6.07, 6.45) is 9.52. The number of benzene rings is 1. The molecule has 1 aromatic carbocycles. The van der Waals surface area contributed by atoms with E-state index < -0.39 is 0 Å². The third kappa shape index (κ3) is 12.0. The van der Waals surface area contributed by atoms with Gasteiger partial charge in [-0.05, 0) is 37.9 Å². The lowest BCUT2D eigenvalue weighted by Crippen LogP contribution is -2.27. The van der Waals surface area contributed by atoms with Crippen molar-refractivity contribution in [2.24, 2.45) is 5.73 Å². The third-order valence-corrected chi connectivity index (χ3v) is 6.21. The molecule has 6 N–H and O–H groups in total. The highest BCUT2D eigenvalue weighted by molar-refractivity contribution is 5.94. The van der Waals surface area contributed by atoms with Gasteiger partial charge in [-0.1, -0.05) is 50.3 Å². The summed E-state index contributed by atoms with van der Waals surface area (Å²) in [4.78, 5) is 25.6. The van der Waals surface area contributed by atoms with E-state index >= 15 is 0 Å². The molecule has 0 saturated heterocycles. The fraction of sp³-hybridized carbons (Fsp3) is 0.630. The smallest absolute Gasteiger partial charge is 0.251 e. The van der Waals surface area contributed by atoms with Crippen LogP contribution in [0.15, 0.2) is 30.3 Å². The van der Waals surface area contributed by atoms with Gasteiger partial charge in [0.1, 0.15) is 0 Å². The second-order valence-corrected chi connectivity index (χ2v) is 9.34. The average Bonchev–Trinajstić information content (AvgIpc) is 2.91. The number of hydrogen-bond donors (Lipinski definition) is 5. The second kappa shape index (κ2) is 18.3. The first-order valence-corrected chi connectivity index (χ1v) is 13.9. The van der Waals surface area contributed by atoms with Crippen molar-refractivity contribution in [1.29, 1.82) is 0 Å². The second-order valence-electron chi connectivity index (χ2n) is 9.34. The first-order valence-electron chi connectivity index (χ1n) is 13.9. The number of aromatic nitrogens is 3. The largest absolute Gasteiger partial charge is 0.377 e. The van der Waals surface area contributed by atoms with Crippen LogP contribution >= 0.6 is 0 Å². The summed E-state index contributed by atoms with van der Waals surface area (Å²) >= 11 is 0. The SMILES string of the molecule is NCCCNc1nc(NCCOCCOCCNC(=O)c2ccccc2)nc(NC2CCCCCCC2)n1. The van der Waals surface area contributed by atoms with Gasteiger partial charge in [0.25, 0.3) is 5.91 Å². The van der Waals surface area contributed by atoms with Crippen LogP contribution < -0.4 is 27.0 Å². The van der Waals surface area contributed by atoms with Gasteiger partial charge >= 0.3 is 0 Å². The summed E-state index contributed by atoms with van der Waals surface area (Å²) in [7, 11) is 0. The fourth-order valence-electron chi connectivity index (χ4n) is 4.17. The number of hydrogen-bond acceptors (Lipinski definition) is 10. The molecule has 0 unspecified atom stereocenters. The number of ether oxygens (including phenoxy) is 2. The summed E-state index contributed by atoms with van der Waals surface area (Å²) in [5.74, 6) is 1.54. The minimum absolute atomic E-state index is 0.101. The van der Waals surface area contributed by atoms with Gasteiger partial charge in [-0.15, -0.1) is 0 Å². The maximum Gasteiger partial charge on any atom is 0.251 e. The van der Waals surface area contributed by atoms with Crippen LogP contribution in [0.5, 0.6) is 0 Å². The summed E-state index contributed by atoms with van der Waals surface area (Å²) in [5.41, 5.74) is 6.26. The molecule has 1 amide bonds. The lowest BCUT2D eigenvalue weighted by atomic mass is 9.97. The molecule has 0 radical (unpaired) electrons. The Bertz CT molecular complexity index is 910. The van der Waals surface area contributed by atoms with E-state index in [4.69, 9.17) is 15.2 Å². The summed E-state index contributed by atoms with van der Waals surface area (Å²) in [5, 5.41) is 12.8. The van der Waals surface area contributed by atoms with Crippen molar-refractivity contribution in [3.8, 4) is 0 Å². The first kappa shape index (κ1) is 29.5. The Labute approximate surface area is 226 Å². The molecule has 1 fully saturated rings. The molecule has 11 heteroatoms. The number of nitrogens with two attached hydrogens (primary N) is 1. The molecule has 1 saturated carbocycles. The molecule has 11 nitrogen and oxygen atoms in total. The molecule has 1 aliphatic rings. The van der Waals surface area contributed by atoms with Crippen molar-refractivity contribution >= 4 is 23.8 Å². The van der Waals surface area contributed by atoms with Crippen LogP contribution in [0, 0.1) is 0 Å². The predicted molar refractivity (Wildman–Crippen MR) is 151 cm³/mol. The summed E-state index contributed by atoms with van der Waals surface area (Å²) < 4.78 is 11.2. The van der Waals surface area contributed by atoms with Gasteiger partial charge in [0, 0.05) is 31.2 Å². The van der Waals surface area contributed by atoms with Crippen LogP contribution in [0.1, 0.15) is 61.7 Å². The van der Waals surface area contributed by atoms with Gasteiger partial charge in [-0.2, -0.15) is 15.0 Å². The number of nitrogens with one attached hydrogen (secondary N) is 4. The zero-order valence-corrected chi connectivity index (χ0v) is 22.4. The van der Waals surface area contributed by atoms with Crippen molar-refractivity contribution in [2.45, 2.75) is 57.4 Å². The highest BCUT2D eigenvalue weighted by Crippen LogP contribution is 2.20. The predicted octanol–water partition coefficient (Wildman–Crippen LogP) is 3.03. The number of carbonyl (C=O) groups excluding carboxylic acids is 1. The Morgan fingerprint density at radius 3 is 2.08 bits per heavy atom. The summed E-state index contributed by atoms with van der Waals surface area (Å²) in [6.45, 7) is 4.17. The maximum absolute atomic E-state index is 12.0. The highest BCUT2D eigenvalue weighted by atomic mass is 16.5. The molecule has 1 aromatic heterocycles. The molecule has 2 aromatic rings. The number of amides is 1. The minimum atomic E-state index is -0.101. The fourth-order valence-corrected chi connectivity index (χ4v) is 4.17. The van der Waals surface area contributed by atoms with E-state index in [2.05, 4.69) is 36.2 Å². The van der Waals surface area contributed by atoms with Gasteiger partial charge in [0.15, 0.2) is 0 Å². The van der Waals surface area contributed by atoms with E-state index in [0.29, 0.717) is 82.1 Å². The van der Waals surface area contributed by atoms with E-state index in [-0.39, 0.29) is 5.91 Å². The molecule has 0 aliphatic heterocycles. The van der Waals surface area contributed by atoms with E-state index in [9.17, 15) is 4.79 Å². The zero-order chi connectivity index (χ0) is 26.7. The molecule has 210 valence electrons. The van der Waals surface area contributed by atoms with Crippen LogP contribution in [-0.4, -0.2) is 79.5 Å². The van der Waals surface area contributed by atoms with Crippen molar-refractivity contribution in [2.75, 3.05) is 68.6 Å². The Balaban J connectivity index is 1.33. The van der Waals surface area contributed by atoms with Gasteiger partial charge in [0.2, 0.25) is 17.8 Å². The Morgan fingerprint density at radius 2 is 1.39 bits per heavy atom. The lowest BCUT2D eigenvalue weighted by molar-refractivity contribution is 0.0519. The quantitative estimate of drug-likeness (QED) is 0.194. The van der Waals surface area contributed by atoms with Crippen LogP contribution in [-0.2, 0) is 9.47 Å². The normalized spacial score (nSPS) is 14.3. The van der Waals surface area contributed by atoms with Crippen molar-refractivity contribution in [1.82, 2.24) is 20.3 Å². The maximum atomic E-state index is 12.0. The standard InChI is InChI=1S/C27H44N8O3/c28-14-9-15-30-25-33-26(35-27(34-25)32-23-12-7-2-1-3-8-13-23)31-17-19-38-21-20-37-18-16-29-24(36)22-10-5-4-6-11-22/h4-6,10-11,23H,1-3,7-9,12-21,28H2,(H,29,36)(H3,30,31,32,33,34,35). The van der Waals surface area contributed by atoms with Gasteiger partial charge < -0.3 is 36.5 Å². The monoisotopic (exact) mass is 528 g/mol. The van der Waals surface area contributed by atoms with E-state index in [1.54, 1.807) is 12.1 Å². The van der Waals surface area contributed by atoms with Crippen LogP contribution in [0.3, 0.4) is 0 Å². The van der Waals surface area contributed by atoms with Crippen LogP contribution in [0.4, 0.5) is 17.8 Å². The number of carbonyl (C=O) groups is 1. The lowest BCUT2D eigenvalue weighted by Gasteiger charge is -2.21. The van der Waals surface area contributed by atoms with E-state index in [0.717, 1.165) is 19.3 Å². The molecule has 38 heavy (non-hydrogen) atoms. The Kier molecular flexibility index (Phi) is 14.2. The molecule has 1 heterocycles. The van der Waals surface area contributed by atoms with Crippen molar-refractivity contribution in [3.63, 3.8) is 0 Å². The summed E-state index contributed by atoms with van der Waals surface area (Å²) in [6, 6.07) is 9.51. The van der Waals surface area contributed by atoms with Crippen molar-refractivity contribution in [3.05, 3.63) is 35.9 Å². The molecular weight excluding hydrogens is 484 g/mol. The van der Waals surface area contributed by atoms with Gasteiger partial charge in [-0.3, -0.25) is 4.79 Å². The van der Waals surface area contributed by atoms with Gasteiger partial charge in [0.05, 0.1) is 26.4 Å². The van der Waals surface area contributed by atoms with Crippen LogP contribution in [0.25, 0.3) is 0 Å². The number of rotatable bonds is 17. The average molecular weight is 529 g/mol. The molecule has 0 spiro atoms. The zero-order valence-electron chi connectivity index (χ0n) is 22.4. The molecule has 0 bridgehead atoms. The molecule has 3 rings (SSSR count). The van der Waals surface area contributed by atoms with Gasteiger partial charge in [-0.25, -0.2) is 0 Å². The first-order chi connectivity index (χ1) is 18.7. The Morgan fingerprint density at radius 1 is 0.789 bits per heavy atom. The highest BCUT2D eigenvalue weighted by Gasteiger charge is 2.14. The van der Waals surface area contributed by atoms with Crippen LogP contribution in [0.2, 0.25) is 0 Å². The third-order valence-electron chi connectivity index (χ3n) is 6.21. The Hall–Kier alpha value is -3.02. The number of nitrogens with zero attached hydrogens (tertiary/aromatic N) is 3. The number of anilines is 3. The van der Waals surface area contributed by atoms with E-state index in [1.165, 1.54) is 32.1 Å². The topological polar surface area (TPSA) is 148 Å².